The van der Waals surface area contributed by atoms with E-state index in [1.165, 1.54) is 11.0 Å². The molecule has 1 aliphatic heterocycles. The number of carbonyl (C=O) groups excluding carboxylic acids is 2. The molecule has 0 aromatic heterocycles. The van der Waals surface area contributed by atoms with Gasteiger partial charge in [0, 0.05) is 12.6 Å². The minimum absolute atomic E-state index is 0.182. The molecule has 2 amide bonds. The highest BCUT2D eigenvalue weighted by Gasteiger charge is 2.30. The molecule has 0 radical (unpaired) electrons. The van der Waals surface area contributed by atoms with Crippen molar-refractivity contribution in [2.24, 2.45) is 0 Å². The zero-order chi connectivity index (χ0) is 11.5. The molecule has 0 atom stereocenters. The lowest BCUT2D eigenvalue weighted by molar-refractivity contribution is -0.136. The molecule has 1 aromatic carbocycles. The molecule has 3 heteroatoms. The summed E-state index contributed by atoms with van der Waals surface area (Å²) in [6.07, 6.45) is 2.21. The van der Waals surface area contributed by atoms with Gasteiger partial charge in [0.2, 0.25) is 0 Å². The second kappa shape index (κ2) is 4.31. The number of benzene rings is 1. The summed E-state index contributed by atoms with van der Waals surface area (Å²) in [5, 5.41) is 0. The molecule has 3 nitrogen and oxygen atoms in total. The van der Waals surface area contributed by atoms with Gasteiger partial charge in [-0.25, -0.2) is 0 Å². The SMILES string of the molecule is CCCN1C(=O)C=C(c2ccccc2)C1=O. The molecule has 0 aliphatic carbocycles. The number of amides is 2. The fraction of sp³-hybridized carbons (Fsp3) is 0.231. The Bertz CT molecular complexity index is 448. The Morgan fingerprint density at radius 2 is 1.81 bits per heavy atom. The van der Waals surface area contributed by atoms with Gasteiger partial charge in [-0.3, -0.25) is 14.5 Å². The smallest absolute Gasteiger partial charge is 0.261 e. The second-order valence-corrected chi connectivity index (χ2v) is 3.72. The number of imide groups is 1. The Kier molecular flexibility index (Phi) is 2.86. The first-order chi connectivity index (χ1) is 7.74. The molecule has 0 bridgehead atoms. The van der Waals surface area contributed by atoms with Crippen LogP contribution in [0.1, 0.15) is 18.9 Å². The summed E-state index contributed by atoms with van der Waals surface area (Å²) in [5.41, 5.74) is 1.30. The third kappa shape index (κ3) is 1.76. The topological polar surface area (TPSA) is 37.4 Å². The van der Waals surface area contributed by atoms with E-state index in [1.54, 1.807) is 0 Å². The van der Waals surface area contributed by atoms with Gasteiger partial charge in [-0.1, -0.05) is 37.3 Å². The molecule has 0 spiro atoms. The molecular weight excluding hydrogens is 202 g/mol. The average Bonchev–Trinajstić information content (AvgIpc) is 2.59. The number of hydrogen-bond donors (Lipinski definition) is 0. The number of rotatable bonds is 3. The van der Waals surface area contributed by atoms with Gasteiger partial charge in [-0.2, -0.15) is 0 Å². The molecule has 0 saturated heterocycles. The molecule has 16 heavy (non-hydrogen) atoms. The van der Waals surface area contributed by atoms with Gasteiger partial charge in [0.15, 0.2) is 0 Å². The van der Waals surface area contributed by atoms with Crippen molar-refractivity contribution in [1.82, 2.24) is 4.90 Å². The van der Waals surface area contributed by atoms with Crippen LogP contribution in [0, 0.1) is 0 Å². The predicted molar refractivity (Wildman–Crippen MR) is 61.4 cm³/mol. The van der Waals surface area contributed by atoms with Crippen LogP contribution in [0.4, 0.5) is 0 Å². The molecule has 0 N–H and O–H groups in total. The van der Waals surface area contributed by atoms with Crippen molar-refractivity contribution < 1.29 is 9.59 Å². The first-order valence-electron chi connectivity index (χ1n) is 5.37. The Morgan fingerprint density at radius 3 is 2.44 bits per heavy atom. The first-order valence-corrected chi connectivity index (χ1v) is 5.37. The lowest BCUT2D eigenvalue weighted by Gasteiger charge is -2.12. The van der Waals surface area contributed by atoms with Crippen molar-refractivity contribution in [3.05, 3.63) is 42.0 Å². The van der Waals surface area contributed by atoms with Gasteiger partial charge in [0.05, 0.1) is 5.57 Å². The number of carbonyl (C=O) groups is 2. The standard InChI is InChI=1S/C13H13NO2/c1-2-8-14-12(15)9-11(13(14)16)10-6-4-3-5-7-10/h3-7,9H,2,8H2,1H3. The van der Waals surface area contributed by atoms with Crippen LogP contribution in [0.15, 0.2) is 36.4 Å². The maximum absolute atomic E-state index is 11.9. The minimum Gasteiger partial charge on any atom is -0.275 e. The largest absolute Gasteiger partial charge is 0.275 e. The molecule has 82 valence electrons. The van der Waals surface area contributed by atoms with E-state index in [4.69, 9.17) is 0 Å². The summed E-state index contributed by atoms with van der Waals surface area (Å²) in [6.45, 7) is 2.44. The van der Waals surface area contributed by atoms with E-state index in [0.29, 0.717) is 12.1 Å². The molecular formula is C13H13NO2. The number of nitrogens with zero attached hydrogens (tertiary/aromatic N) is 1. The highest BCUT2D eigenvalue weighted by atomic mass is 16.2. The van der Waals surface area contributed by atoms with Gasteiger partial charge < -0.3 is 0 Å². The van der Waals surface area contributed by atoms with Gasteiger partial charge >= 0.3 is 0 Å². The van der Waals surface area contributed by atoms with Crippen LogP contribution in [-0.4, -0.2) is 23.3 Å². The molecule has 1 heterocycles. The maximum Gasteiger partial charge on any atom is 0.261 e. The van der Waals surface area contributed by atoms with E-state index in [-0.39, 0.29) is 11.8 Å². The Balaban J connectivity index is 2.29. The van der Waals surface area contributed by atoms with Crippen molar-refractivity contribution in [3.8, 4) is 0 Å². The van der Waals surface area contributed by atoms with E-state index in [0.717, 1.165) is 12.0 Å². The Labute approximate surface area is 94.4 Å². The minimum atomic E-state index is -0.203. The zero-order valence-electron chi connectivity index (χ0n) is 9.14. The van der Waals surface area contributed by atoms with Crippen molar-refractivity contribution >= 4 is 17.4 Å². The molecule has 1 aromatic rings. The van der Waals surface area contributed by atoms with Crippen LogP contribution in [0.2, 0.25) is 0 Å². The Hall–Kier alpha value is -1.90. The second-order valence-electron chi connectivity index (χ2n) is 3.72. The van der Waals surface area contributed by atoms with E-state index >= 15 is 0 Å². The van der Waals surface area contributed by atoms with Crippen LogP contribution >= 0.6 is 0 Å². The summed E-state index contributed by atoms with van der Waals surface area (Å²) in [7, 11) is 0. The van der Waals surface area contributed by atoms with E-state index in [2.05, 4.69) is 0 Å². The normalized spacial score (nSPS) is 15.6. The van der Waals surface area contributed by atoms with Gasteiger partial charge in [0.25, 0.3) is 11.8 Å². The molecule has 0 unspecified atom stereocenters. The van der Waals surface area contributed by atoms with Crippen molar-refractivity contribution in [2.75, 3.05) is 6.54 Å². The lowest BCUT2D eigenvalue weighted by Crippen LogP contribution is -2.31. The Morgan fingerprint density at radius 1 is 1.12 bits per heavy atom. The van der Waals surface area contributed by atoms with Crippen LogP contribution in [0.25, 0.3) is 5.57 Å². The highest BCUT2D eigenvalue weighted by molar-refractivity contribution is 6.33. The quantitative estimate of drug-likeness (QED) is 0.721. The van der Waals surface area contributed by atoms with Crippen molar-refractivity contribution in [1.29, 1.82) is 0 Å². The summed E-state index contributed by atoms with van der Waals surface area (Å²) in [5.74, 6) is -0.385. The van der Waals surface area contributed by atoms with Gasteiger partial charge in [0.1, 0.15) is 0 Å². The average molecular weight is 215 g/mol. The van der Waals surface area contributed by atoms with E-state index < -0.39 is 0 Å². The van der Waals surface area contributed by atoms with Crippen LogP contribution in [0.3, 0.4) is 0 Å². The van der Waals surface area contributed by atoms with Gasteiger partial charge in [-0.05, 0) is 12.0 Å². The first kappa shape index (κ1) is 10.6. The van der Waals surface area contributed by atoms with Gasteiger partial charge in [-0.15, -0.1) is 0 Å². The zero-order valence-corrected chi connectivity index (χ0v) is 9.14. The van der Waals surface area contributed by atoms with Crippen LogP contribution < -0.4 is 0 Å². The summed E-state index contributed by atoms with van der Waals surface area (Å²) >= 11 is 0. The molecule has 2 rings (SSSR count). The number of hydrogen-bond acceptors (Lipinski definition) is 2. The van der Waals surface area contributed by atoms with Crippen molar-refractivity contribution in [2.45, 2.75) is 13.3 Å². The lowest BCUT2D eigenvalue weighted by atomic mass is 10.1. The van der Waals surface area contributed by atoms with Crippen LogP contribution in [-0.2, 0) is 9.59 Å². The third-order valence-corrected chi connectivity index (χ3v) is 2.54. The maximum atomic E-state index is 11.9. The molecule has 1 aliphatic rings. The third-order valence-electron chi connectivity index (χ3n) is 2.54. The van der Waals surface area contributed by atoms with Crippen LogP contribution in [0.5, 0.6) is 0 Å². The van der Waals surface area contributed by atoms with E-state index in [1.807, 2.05) is 37.3 Å². The van der Waals surface area contributed by atoms with Crippen molar-refractivity contribution in [3.63, 3.8) is 0 Å². The summed E-state index contributed by atoms with van der Waals surface area (Å²) < 4.78 is 0. The highest BCUT2D eigenvalue weighted by Crippen LogP contribution is 2.23. The molecule has 0 fully saturated rings. The summed E-state index contributed by atoms with van der Waals surface area (Å²) in [4.78, 5) is 24.8. The molecule has 0 saturated carbocycles. The van der Waals surface area contributed by atoms with E-state index in [9.17, 15) is 9.59 Å². The summed E-state index contributed by atoms with van der Waals surface area (Å²) in [6, 6.07) is 9.28. The predicted octanol–water partition coefficient (Wildman–Crippen LogP) is 1.85. The fourth-order valence-corrected chi connectivity index (χ4v) is 1.77. The monoisotopic (exact) mass is 215 g/mol. The fourth-order valence-electron chi connectivity index (χ4n) is 1.77.